The van der Waals surface area contributed by atoms with Gasteiger partial charge in [0.15, 0.2) is 0 Å². The molecule has 0 heterocycles. The number of unbranched alkanes of at least 4 members (excludes halogenated alkanes) is 1. The van der Waals surface area contributed by atoms with E-state index in [0.717, 1.165) is 44.5 Å². The number of hydrogen-bond donors (Lipinski definition) is 4. The third-order valence-corrected chi connectivity index (χ3v) is 3.82. The average molecular weight is 308 g/mol. The molecule has 124 valence electrons. The van der Waals surface area contributed by atoms with Crippen LogP contribution in [0.25, 0.3) is 0 Å². The molecule has 0 aromatic heterocycles. The lowest BCUT2D eigenvalue weighted by atomic mass is 9.82. The lowest BCUT2D eigenvalue weighted by Crippen LogP contribution is -2.39. The van der Waals surface area contributed by atoms with Gasteiger partial charge in [0, 0.05) is 12.1 Å². The lowest BCUT2D eigenvalue weighted by Gasteiger charge is -2.25. The maximum absolute atomic E-state index is 8.80. The fourth-order valence-corrected chi connectivity index (χ4v) is 2.33. The van der Waals surface area contributed by atoms with Crippen molar-refractivity contribution in [2.75, 3.05) is 13.7 Å². The SMILES string of the molecule is COc1ccc(CNCCC(C)(N)CCCCB(O)O)cc1. The highest BCUT2D eigenvalue weighted by Gasteiger charge is 2.17. The second-order valence-electron chi connectivity index (χ2n) is 6.16. The van der Waals surface area contributed by atoms with Gasteiger partial charge in [-0.1, -0.05) is 25.0 Å². The zero-order valence-electron chi connectivity index (χ0n) is 13.7. The van der Waals surface area contributed by atoms with Crippen molar-refractivity contribution in [2.45, 2.75) is 51.0 Å². The summed E-state index contributed by atoms with van der Waals surface area (Å²) in [5.74, 6) is 0.867. The van der Waals surface area contributed by atoms with Gasteiger partial charge in [0.1, 0.15) is 5.75 Å². The van der Waals surface area contributed by atoms with E-state index in [4.69, 9.17) is 20.5 Å². The van der Waals surface area contributed by atoms with Crippen molar-refractivity contribution in [3.8, 4) is 5.75 Å². The van der Waals surface area contributed by atoms with Gasteiger partial charge in [-0.25, -0.2) is 0 Å². The lowest BCUT2D eigenvalue weighted by molar-refractivity contribution is 0.368. The predicted octanol–water partition coefficient (Wildman–Crippen LogP) is 1.54. The second kappa shape index (κ2) is 9.84. The van der Waals surface area contributed by atoms with E-state index in [0.29, 0.717) is 6.32 Å². The van der Waals surface area contributed by atoms with Gasteiger partial charge >= 0.3 is 7.12 Å². The fraction of sp³-hybridized carbons (Fsp3) is 0.625. The van der Waals surface area contributed by atoms with E-state index in [9.17, 15) is 0 Å². The molecule has 0 fully saturated rings. The van der Waals surface area contributed by atoms with E-state index in [-0.39, 0.29) is 5.54 Å². The Kier molecular flexibility index (Phi) is 8.49. The van der Waals surface area contributed by atoms with Gasteiger partial charge in [-0.15, -0.1) is 0 Å². The Morgan fingerprint density at radius 1 is 1.18 bits per heavy atom. The molecule has 1 atom stereocenters. The number of methoxy groups -OCH3 is 1. The molecule has 5 N–H and O–H groups in total. The van der Waals surface area contributed by atoms with Gasteiger partial charge in [0.05, 0.1) is 7.11 Å². The Morgan fingerprint density at radius 3 is 2.45 bits per heavy atom. The number of hydrogen-bond acceptors (Lipinski definition) is 5. The highest BCUT2D eigenvalue weighted by atomic mass is 16.5. The number of nitrogens with two attached hydrogens (primary N) is 1. The molecule has 22 heavy (non-hydrogen) atoms. The van der Waals surface area contributed by atoms with Crippen LogP contribution in [0, 0.1) is 0 Å². The minimum absolute atomic E-state index is 0.215. The largest absolute Gasteiger partial charge is 0.497 e. The van der Waals surface area contributed by atoms with Crippen molar-refractivity contribution in [3.63, 3.8) is 0 Å². The van der Waals surface area contributed by atoms with Gasteiger partial charge in [-0.3, -0.25) is 0 Å². The maximum Gasteiger partial charge on any atom is 0.451 e. The van der Waals surface area contributed by atoms with Crippen LogP contribution in [0.2, 0.25) is 6.32 Å². The predicted molar refractivity (Wildman–Crippen MR) is 90.8 cm³/mol. The molecule has 1 aromatic carbocycles. The van der Waals surface area contributed by atoms with E-state index < -0.39 is 7.12 Å². The Labute approximate surface area is 134 Å². The average Bonchev–Trinajstić information content (AvgIpc) is 2.49. The summed E-state index contributed by atoms with van der Waals surface area (Å²) in [6.07, 6.45) is 3.92. The molecule has 0 bridgehead atoms. The minimum Gasteiger partial charge on any atom is -0.497 e. The van der Waals surface area contributed by atoms with E-state index in [1.165, 1.54) is 5.56 Å². The summed E-state index contributed by atoms with van der Waals surface area (Å²) in [6.45, 7) is 3.73. The van der Waals surface area contributed by atoms with Crippen LogP contribution in [0.15, 0.2) is 24.3 Å². The smallest absolute Gasteiger partial charge is 0.451 e. The topological polar surface area (TPSA) is 87.7 Å². The number of nitrogens with one attached hydrogen (secondary N) is 1. The van der Waals surface area contributed by atoms with Crippen LogP contribution in [0.4, 0.5) is 0 Å². The third kappa shape index (κ3) is 8.39. The quantitative estimate of drug-likeness (QED) is 0.368. The van der Waals surface area contributed by atoms with Crippen LogP contribution in [0.5, 0.6) is 5.75 Å². The van der Waals surface area contributed by atoms with Gasteiger partial charge in [-0.2, -0.15) is 0 Å². The first-order valence-electron chi connectivity index (χ1n) is 7.91. The molecule has 5 nitrogen and oxygen atoms in total. The fourth-order valence-electron chi connectivity index (χ4n) is 2.33. The Bertz CT molecular complexity index is 410. The Hall–Kier alpha value is -1.08. The molecule has 6 heteroatoms. The first kappa shape index (κ1) is 19.0. The summed E-state index contributed by atoms with van der Waals surface area (Å²) in [7, 11) is 0.464. The summed E-state index contributed by atoms with van der Waals surface area (Å²) in [5, 5.41) is 21.0. The van der Waals surface area contributed by atoms with Gasteiger partial charge in [-0.05, 0) is 50.3 Å². The zero-order chi connectivity index (χ0) is 16.4. The molecule has 0 saturated carbocycles. The minimum atomic E-state index is -1.20. The molecule has 0 aliphatic rings. The van der Waals surface area contributed by atoms with Crippen LogP contribution < -0.4 is 15.8 Å². The van der Waals surface area contributed by atoms with E-state index in [1.807, 2.05) is 24.3 Å². The number of rotatable bonds is 11. The van der Waals surface area contributed by atoms with Gasteiger partial charge in [0.2, 0.25) is 0 Å². The molecule has 0 radical (unpaired) electrons. The second-order valence-corrected chi connectivity index (χ2v) is 6.16. The molecule has 1 rings (SSSR count). The van der Waals surface area contributed by atoms with Crippen molar-refractivity contribution in [1.29, 1.82) is 0 Å². The Balaban J connectivity index is 2.16. The summed E-state index contributed by atoms with van der Waals surface area (Å²) < 4.78 is 5.13. The van der Waals surface area contributed by atoms with Crippen LogP contribution >= 0.6 is 0 Å². The molecular formula is C16H29BN2O3. The summed E-state index contributed by atoms with van der Waals surface area (Å²) >= 11 is 0. The highest BCUT2D eigenvalue weighted by Crippen LogP contribution is 2.16. The number of ether oxygens (including phenoxy) is 1. The van der Waals surface area contributed by atoms with Crippen molar-refractivity contribution >= 4 is 7.12 Å². The van der Waals surface area contributed by atoms with Crippen molar-refractivity contribution in [2.24, 2.45) is 5.73 Å². The van der Waals surface area contributed by atoms with Crippen molar-refractivity contribution in [1.82, 2.24) is 5.32 Å². The zero-order valence-corrected chi connectivity index (χ0v) is 13.7. The Morgan fingerprint density at radius 2 is 1.86 bits per heavy atom. The number of benzene rings is 1. The van der Waals surface area contributed by atoms with Crippen LogP contribution in [0.1, 0.15) is 38.2 Å². The molecule has 0 saturated heterocycles. The third-order valence-electron chi connectivity index (χ3n) is 3.82. The monoisotopic (exact) mass is 308 g/mol. The van der Waals surface area contributed by atoms with Crippen LogP contribution in [-0.4, -0.2) is 36.4 Å². The van der Waals surface area contributed by atoms with E-state index in [2.05, 4.69) is 12.2 Å². The molecule has 0 amide bonds. The molecular weight excluding hydrogens is 279 g/mol. The molecule has 0 spiro atoms. The molecule has 1 unspecified atom stereocenters. The summed E-state index contributed by atoms with van der Waals surface area (Å²) in [4.78, 5) is 0. The standard InChI is InChI=1S/C16H29BN2O3/c1-16(18,9-3-4-11-17(20)21)10-12-19-13-14-5-7-15(22-2)8-6-14/h5-8,19-21H,3-4,9-13,18H2,1-2H3. The first-order chi connectivity index (χ1) is 10.4. The summed E-state index contributed by atoms with van der Waals surface area (Å²) in [5.41, 5.74) is 7.27. The van der Waals surface area contributed by atoms with E-state index in [1.54, 1.807) is 7.11 Å². The van der Waals surface area contributed by atoms with Crippen LogP contribution in [0.3, 0.4) is 0 Å². The molecule has 0 aliphatic heterocycles. The van der Waals surface area contributed by atoms with E-state index >= 15 is 0 Å². The van der Waals surface area contributed by atoms with Gasteiger partial charge < -0.3 is 25.8 Å². The summed E-state index contributed by atoms with van der Waals surface area (Å²) in [6, 6.07) is 8.01. The molecule has 1 aromatic rings. The first-order valence-corrected chi connectivity index (χ1v) is 7.91. The molecule has 0 aliphatic carbocycles. The van der Waals surface area contributed by atoms with Crippen LogP contribution in [-0.2, 0) is 6.54 Å². The van der Waals surface area contributed by atoms with Crippen molar-refractivity contribution < 1.29 is 14.8 Å². The normalized spacial score (nSPS) is 13.7. The highest BCUT2D eigenvalue weighted by molar-refractivity contribution is 6.40. The van der Waals surface area contributed by atoms with Crippen molar-refractivity contribution in [3.05, 3.63) is 29.8 Å². The van der Waals surface area contributed by atoms with Gasteiger partial charge in [0.25, 0.3) is 0 Å². The maximum atomic E-state index is 8.80.